The van der Waals surface area contributed by atoms with Crippen molar-refractivity contribution in [3.63, 3.8) is 0 Å². The molecule has 0 aromatic rings. The second-order valence-electron chi connectivity index (χ2n) is 3.25. The van der Waals surface area contributed by atoms with Crippen molar-refractivity contribution in [2.45, 2.75) is 58.1 Å². The van der Waals surface area contributed by atoms with E-state index >= 15 is 0 Å². The Morgan fingerprint density at radius 2 is 1.91 bits per heavy atom. The lowest BCUT2D eigenvalue weighted by molar-refractivity contribution is 0.157. The largest absolute Gasteiger partial charge is 0.392 e. The zero-order valence-electron chi connectivity index (χ0n) is 7.71. The van der Waals surface area contributed by atoms with Gasteiger partial charge < -0.3 is 10.8 Å². The molecule has 0 aliphatic heterocycles. The van der Waals surface area contributed by atoms with Gasteiger partial charge in [0.2, 0.25) is 0 Å². The molecule has 2 heteroatoms. The Kier molecular flexibility index (Phi) is 6.57. The SMILES string of the molecule is CCCCCC[C@@H](N)[C@@H](C)O. The Morgan fingerprint density at radius 3 is 2.36 bits per heavy atom. The van der Waals surface area contributed by atoms with Crippen molar-refractivity contribution in [3.8, 4) is 0 Å². The first kappa shape index (κ1) is 10.9. The zero-order valence-corrected chi connectivity index (χ0v) is 7.71. The van der Waals surface area contributed by atoms with Crippen LogP contribution in [-0.4, -0.2) is 17.3 Å². The van der Waals surface area contributed by atoms with Gasteiger partial charge in [-0.25, -0.2) is 0 Å². The summed E-state index contributed by atoms with van der Waals surface area (Å²) < 4.78 is 0. The molecule has 0 amide bonds. The smallest absolute Gasteiger partial charge is 0.0662 e. The molecular weight excluding hydrogens is 138 g/mol. The summed E-state index contributed by atoms with van der Waals surface area (Å²) in [6, 6.07) is -0.0214. The third kappa shape index (κ3) is 6.32. The molecule has 0 radical (unpaired) electrons. The van der Waals surface area contributed by atoms with E-state index in [9.17, 15) is 0 Å². The summed E-state index contributed by atoms with van der Waals surface area (Å²) in [5, 5.41) is 9.05. The zero-order chi connectivity index (χ0) is 8.69. The van der Waals surface area contributed by atoms with Crippen LogP contribution < -0.4 is 5.73 Å². The number of hydrogen-bond acceptors (Lipinski definition) is 2. The van der Waals surface area contributed by atoms with Gasteiger partial charge in [-0.2, -0.15) is 0 Å². The lowest BCUT2D eigenvalue weighted by atomic mass is 10.0. The Labute approximate surface area is 69.8 Å². The van der Waals surface area contributed by atoms with Crippen LogP contribution in [0.5, 0.6) is 0 Å². The quantitative estimate of drug-likeness (QED) is 0.579. The molecule has 0 rings (SSSR count). The summed E-state index contributed by atoms with van der Waals surface area (Å²) in [5.74, 6) is 0. The van der Waals surface area contributed by atoms with E-state index in [1.165, 1.54) is 19.3 Å². The summed E-state index contributed by atoms with van der Waals surface area (Å²) in [7, 11) is 0. The van der Waals surface area contributed by atoms with Gasteiger partial charge in [-0.05, 0) is 13.3 Å². The molecular formula is C9H21NO. The monoisotopic (exact) mass is 159 g/mol. The molecule has 0 fully saturated rings. The van der Waals surface area contributed by atoms with Crippen LogP contribution >= 0.6 is 0 Å². The van der Waals surface area contributed by atoms with Crippen LogP contribution in [0, 0.1) is 0 Å². The van der Waals surface area contributed by atoms with Gasteiger partial charge in [-0.1, -0.05) is 32.6 Å². The average Bonchev–Trinajstić information content (AvgIpc) is 1.97. The molecule has 0 saturated carbocycles. The number of hydrogen-bond donors (Lipinski definition) is 2. The molecule has 0 aliphatic rings. The van der Waals surface area contributed by atoms with Gasteiger partial charge in [-0.15, -0.1) is 0 Å². The predicted octanol–water partition coefficient (Wildman–Crippen LogP) is 1.66. The van der Waals surface area contributed by atoms with Gasteiger partial charge in [0.25, 0.3) is 0 Å². The van der Waals surface area contributed by atoms with Gasteiger partial charge in [-0.3, -0.25) is 0 Å². The van der Waals surface area contributed by atoms with E-state index < -0.39 is 0 Å². The fraction of sp³-hybridized carbons (Fsp3) is 1.00. The normalized spacial score (nSPS) is 16.4. The fourth-order valence-electron chi connectivity index (χ4n) is 1.05. The van der Waals surface area contributed by atoms with Crippen LogP contribution in [0.1, 0.15) is 46.0 Å². The molecule has 0 heterocycles. The Bertz CT molecular complexity index is 83.6. The van der Waals surface area contributed by atoms with Crippen molar-refractivity contribution in [1.29, 1.82) is 0 Å². The Hall–Kier alpha value is -0.0800. The third-order valence-corrected chi connectivity index (χ3v) is 2.01. The topological polar surface area (TPSA) is 46.2 Å². The lowest BCUT2D eigenvalue weighted by Crippen LogP contribution is -2.31. The highest BCUT2D eigenvalue weighted by Crippen LogP contribution is 2.06. The Balaban J connectivity index is 3.10. The van der Waals surface area contributed by atoms with Gasteiger partial charge in [0.05, 0.1) is 6.10 Å². The number of rotatable bonds is 6. The third-order valence-electron chi connectivity index (χ3n) is 2.01. The molecule has 11 heavy (non-hydrogen) atoms. The summed E-state index contributed by atoms with van der Waals surface area (Å²) in [5.41, 5.74) is 5.65. The molecule has 68 valence electrons. The first-order valence-electron chi connectivity index (χ1n) is 4.62. The number of nitrogens with two attached hydrogens (primary N) is 1. The summed E-state index contributed by atoms with van der Waals surface area (Å²) >= 11 is 0. The van der Waals surface area contributed by atoms with Gasteiger partial charge in [0.15, 0.2) is 0 Å². The van der Waals surface area contributed by atoms with Crippen molar-refractivity contribution in [2.24, 2.45) is 5.73 Å². The van der Waals surface area contributed by atoms with Crippen molar-refractivity contribution >= 4 is 0 Å². The summed E-state index contributed by atoms with van der Waals surface area (Å²) in [6.45, 7) is 3.94. The average molecular weight is 159 g/mol. The van der Waals surface area contributed by atoms with E-state index in [1.54, 1.807) is 6.92 Å². The highest BCUT2D eigenvalue weighted by Gasteiger charge is 2.07. The number of unbranched alkanes of at least 4 members (excludes halogenated alkanes) is 3. The molecule has 0 unspecified atom stereocenters. The molecule has 0 aliphatic carbocycles. The molecule has 0 aromatic carbocycles. The predicted molar refractivity (Wildman–Crippen MR) is 48.4 cm³/mol. The number of aliphatic hydroxyl groups is 1. The first-order chi connectivity index (χ1) is 5.18. The molecule has 0 aromatic heterocycles. The first-order valence-corrected chi connectivity index (χ1v) is 4.62. The molecule has 0 saturated heterocycles. The maximum atomic E-state index is 9.05. The van der Waals surface area contributed by atoms with Crippen LogP contribution in [0.15, 0.2) is 0 Å². The van der Waals surface area contributed by atoms with E-state index in [2.05, 4.69) is 6.92 Å². The minimum absolute atomic E-state index is 0.0214. The summed E-state index contributed by atoms with van der Waals surface area (Å²) in [4.78, 5) is 0. The minimum Gasteiger partial charge on any atom is -0.392 e. The Morgan fingerprint density at radius 1 is 1.27 bits per heavy atom. The van der Waals surface area contributed by atoms with E-state index in [-0.39, 0.29) is 12.1 Å². The van der Waals surface area contributed by atoms with Crippen molar-refractivity contribution < 1.29 is 5.11 Å². The van der Waals surface area contributed by atoms with E-state index in [0.29, 0.717) is 0 Å². The van der Waals surface area contributed by atoms with Crippen molar-refractivity contribution in [1.82, 2.24) is 0 Å². The van der Waals surface area contributed by atoms with E-state index in [0.717, 1.165) is 12.8 Å². The van der Waals surface area contributed by atoms with Crippen molar-refractivity contribution in [2.75, 3.05) is 0 Å². The molecule has 0 bridgehead atoms. The minimum atomic E-state index is -0.350. The second kappa shape index (κ2) is 6.62. The van der Waals surface area contributed by atoms with Gasteiger partial charge in [0.1, 0.15) is 0 Å². The van der Waals surface area contributed by atoms with E-state index in [1.807, 2.05) is 0 Å². The van der Waals surface area contributed by atoms with E-state index in [4.69, 9.17) is 10.8 Å². The molecule has 0 spiro atoms. The highest BCUT2D eigenvalue weighted by atomic mass is 16.3. The number of aliphatic hydroxyl groups excluding tert-OH is 1. The van der Waals surface area contributed by atoms with Crippen LogP contribution in [-0.2, 0) is 0 Å². The highest BCUT2D eigenvalue weighted by molar-refractivity contribution is 4.66. The lowest BCUT2D eigenvalue weighted by Gasteiger charge is -2.13. The molecule has 2 atom stereocenters. The molecule has 3 N–H and O–H groups in total. The van der Waals surface area contributed by atoms with Gasteiger partial charge >= 0.3 is 0 Å². The maximum absolute atomic E-state index is 9.05. The van der Waals surface area contributed by atoms with Crippen LogP contribution in [0.4, 0.5) is 0 Å². The standard InChI is InChI=1S/C9H21NO/c1-3-4-5-6-7-9(10)8(2)11/h8-9,11H,3-7,10H2,1-2H3/t8-,9-/m1/s1. The maximum Gasteiger partial charge on any atom is 0.0662 e. The second-order valence-corrected chi connectivity index (χ2v) is 3.25. The summed E-state index contributed by atoms with van der Waals surface area (Å²) in [6.07, 6.45) is 5.54. The van der Waals surface area contributed by atoms with Crippen LogP contribution in [0.3, 0.4) is 0 Å². The van der Waals surface area contributed by atoms with Crippen LogP contribution in [0.25, 0.3) is 0 Å². The van der Waals surface area contributed by atoms with Crippen LogP contribution in [0.2, 0.25) is 0 Å². The fourth-order valence-corrected chi connectivity index (χ4v) is 1.05. The molecule has 2 nitrogen and oxygen atoms in total. The van der Waals surface area contributed by atoms with Gasteiger partial charge in [0, 0.05) is 6.04 Å². The van der Waals surface area contributed by atoms with Crippen molar-refractivity contribution in [3.05, 3.63) is 0 Å².